The van der Waals surface area contributed by atoms with Crippen molar-refractivity contribution in [2.75, 3.05) is 12.9 Å². The fraction of sp³-hybridized carbons (Fsp3) is 0.158. The summed E-state index contributed by atoms with van der Waals surface area (Å²) in [6.07, 6.45) is 7.53. The van der Waals surface area contributed by atoms with E-state index in [9.17, 15) is 12.8 Å². The van der Waals surface area contributed by atoms with Crippen LogP contribution in [0.5, 0.6) is 0 Å². The second-order valence-electron chi connectivity index (χ2n) is 5.86. The fourth-order valence-electron chi connectivity index (χ4n) is 2.91. The third-order valence-corrected chi connectivity index (χ3v) is 4.68. The normalized spacial score (nSPS) is 12.1. The van der Waals surface area contributed by atoms with Crippen LogP contribution in [0.15, 0.2) is 73.3 Å². The van der Waals surface area contributed by atoms with Crippen LogP contribution in [0.1, 0.15) is 16.7 Å². The molecule has 0 atom stereocenters. The average molecular weight is 372 g/mol. The van der Waals surface area contributed by atoms with Crippen molar-refractivity contribution in [2.24, 2.45) is 0 Å². The van der Waals surface area contributed by atoms with Gasteiger partial charge in [0.1, 0.15) is 5.82 Å². The largest absolute Gasteiger partial charge is 0.269 e. The van der Waals surface area contributed by atoms with Crippen molar-refractivity contribution in [2.45, 2.75) is 5.41 Å². The van der Waals surface area contributed by atoms with E-state index in [0.29, 0.717) is 16.7 Å². The van der Waals surface area contributed by atoms with Crippen molar-refractivity contribution in [1.29, 1.82) is 0 Å². The highest BCUT2D eigenvalue weighted by molar-refractivity contribution is 7.85. The van der Waals surface area contributed by atoms with Crippen LogP contribution in [-0.4, -0.2) is 31.2 Å². The molecular weight excluding hydrogens is 355 g/mol. The second kappa shape index (κ2) is 7.31. The molecule has 26 heavy (non-hydrogen) atoms. The van der Waals surface area contributed by atoms with Gasteiger partial charge in [0.15, 0.2) is 0 Å². The van der Waals surface area contributed by atoms with Gasteiger partial charge < -0.3 is 0 Å². The molecule has 1 aromatic carbocycles. The smallest absolute Gasteiger partial charge is 0.264 e. The van der Waals surface area contributed by atoms with Gasteiger partial charge in [0.2, 0.25) is 0 Å². The van der Waals surface area contributed by atoms with E-state index in [2.05, 4.69) is 9.97 Å². The quantitative estimate of drug-likeness (QED) is 0.622. The van der Waals surface area contributed by atoms with Gasteiger partial charge >= 0.3 is 0 Å². The highest BCUT2D eigenvalue weighted by Gasteiger charge is 2.38. The molecule has 3 rings (SSSR count). The molecule has 2 heterocycles. The predicted octanol–water partition coefficient (Wildman–Crippen LogP) is 2.93. The molecule has 0 aliphatic carbocycles. The topological polar surface area (TPSA) is 69.2 Å². The molecule has 0 saturated carbocycles. The zero-order chi connectivity index (χ0) is 18.6. The first-order valence-corrected chi connectivity index (χ1v) is 9.65. The zero-order valence-corrected chi connectivity index (χ0v) is 14.9. The summed E-state index contributed by atoms with van der Waals surface area (Å²) >= 11 is 0. The van der Waals surface area contributed by atoms with Gasteiger partial charge in [0, 0.05) is 24.8 Å². The van der Waals surface area contributed by atoms with E-state index in [4.69, 9.17) is 4.18 Å². The van der Waals surface area contributed by atoms with Gasteiger partial charge in [-0.05, 0) is 41.0 Å². The van der Waals surface area contributed by atoms with Gasteiger partial charge in [-0.25, -0.2) is 4.39 Å². The lowest BCUT2D eigenvalue weighted by Crippen LogP contribution is -2.36. The van der Waals surface area contributed by atoms with E-state index in [1.807, 2.05) is 12.1 Å². The van der Waals surface area contributed by atoms with Gasteiger partial charge in [0.05, 0.1) is 18.3 Å². The maximum Gasteiger partial charge on any atom is 0.264 e. The van der Waals surface area contributed by atoms with Crippen LogP contribution >= 0.6 is 0 Å². The Labute approximate surface area is 151 Å². The summed E-state index contributed by atoms with van der Waals surface area (Å²) in [4.78, 5) is 8.33. The van der Waals surface area contributed by atoms with Gasteiger partial charge in [-0.3, -0.25) is 14.2 Å². The molecule has 0 saturated heterocycles. The molecule has 0 bridgehead atoms. The number of aromatic nitrogens is 2. The Balaban J connectivity index is 2.28. The maximum absolute atomic E-state index is 13.5. The van der Waals surface area contributed by atoms with E-state index in [0.717, 1.165) is 6.26 Å². The van der Waals surface area contributed by atoms with Crippen LogP contribution in [0.4, 0.5) is 4.39 Å². The Kier molecular flexibility index (Phi) is 5.11. The molecular formula is C19H17FN2O3S. The molecule has 0 aliphatic rings. The number of hydrogen-bond acceptors (Lipinski definition) is 5. The average Bonchev–Trinajstić information content (AvgIpc) is 2.64. The minimum atomic E-state index is -3.70. The van der Waals surface area contributed by atoms with Crippen LogP contribution in [0.3, 0.4) is 0 Å². The van der Waals surface area contributed by atoms with Crippen LogP contribution in [0, 0.1) is 5.82 Å². The van der Waals surface area contributed by atoms with Crippen molar-refractivity contribution in [1.82, 2.24) is 9.97 Å². The standard InChI is InChI=1S/C19H17FN2O3S/c1-26(23,24)25-14-19(16-4-2-10-21-12-16,17-5-3-11-22-13-17)15-6-8-18(20)9-7-15/h2-13H,14H2,1H3. The van der Waals surface area contributed by atoms with Crippen molar-refractivity contribution in [3.8, 4) is 0 Å². The van der Waals surface area contributed by atoms with Gasteiger partial charge in [-0.2, -0.15) is 8.42 Å². The van der Waals surface area contributed by atoms with Crippen molar-refractivity contribution in [3.05, 3.63) is 95.8 Å². The van der Waals surface area contributed by atoms with Crippen LogP contribution in [0.25, 0.3) is 0 Å². The molecule has 0 amide bonds. The number of benzene rings is 1. The minimum absolute atomic E-state index is 0.200. The van der Waals surface area contributed by atoms with E-state index < -0.39 is 15.5 Å². The Morgan fingerprint density at radius 3 is 1.88 bits per heavy atom. The Bertz CT molecular complexity index is 923. The lowest BCUT2D eigenvalue weighted by molar-refractivity contribution is 0.272. The van der Waals surface area contributed by atoms with E-state index in [1.165, 1.54) is 12.1 Å². The predicted molar refractivity (Wildman–Crippen MR) is 95.6 cm³/mol. The number of hydrogen-bond donors (Lipinski definition) is 0. The first-order valence-electron chi connectivity index (χ1n) is 7.83. The zero-order valence-electron chi connectivity index (χ0n) is 14.0. The summed E-state index contributed by atoms with van der Waals surface area (Å²) in [5.41, 5.74) is 1.08. The first-order chi connectivity index (χ1) is 12.4. The molecule has 2 aromatic heterocycles. The summed E-state index contributed by atoms with van der Waals surface area (Å²) in [6.45, 7) is -0.200. The Morgan fingerprint density at radius 2 is 1.46 bits per heavy atom. The molecule has 0 spiro atoms. The first kappa shape index (κ1) is 18.2. The fourth-order valence-corrected chi connectivity index (χ4v) is 3.30. The monoisotopic (exact) mass is 372 g/mol. The molecule has 5 nitrogen and oxygen atoms in total. The summed E-state index contributed by atoms with van der Waals surface area (Å²) < 4.78 is 42.1. The van der Waals surface area contributed by atoms with Crippen LogP contribution < -0.4 is 0 Å². The minimum Gasteiger partial charge on any atom is -0.269 e. The Hall–Kier alpha value is -2.64. The van der Waals surface area contributed by atoms with Crippen molar-refractivity contribution < 1.29 is 17.0 Å². The van der Waals surface area contributed by atoms with Crippen molar-refractivity contribution in [3.63, 3.8) is 0 Å². The lowest BCUT2D eigenvalue weighted by Gasteiger charge is -2.34. The van der Waals surface area contributed by atoms with Crippen molar-refractivity contribution >= 4 is 10.1 Å². The molecule has 0 aliphatic heterocycles. The van der Waals surface area contributed by atoms with Crippen LogP contribution in [-0.2, 0) is 19.7 Å². The van der Waals surface area contributed by atoms with E-state index in [1.54, 1.807) is 49.1 Å². The number of halogens is 1. The van der Waals surface area contributed by atoms with Crippen LogP contribution in [0.2, 0.25) is 0 Å². The van der Waals surface area contributed by atoms with Gasteiger partial charge in [-0.1, -0.05) is 24.3 Å². The molecule has 7 heteroatoms. The molecule has 3 aromatic rings. The van der Waals surface area contributed by atoms with E-state index >= 15 is 0 Å². The summed E-state index contributed by atoms with van der Waals surface area (Å²) in [5.74, 6) is -0.385. The molecule has 0 N–H and O–H groups in total. The summed E-state index contributed by atoms with van der Waals surface area (Å²) in [7, 11) is -3.70. The molecule has 0 radical (unpaired) electrons. The molecule has 0 fully saturated rings. The third-order valence-electron chi connectivity index (χ3n) is 4.14. The molecule has 134 valence electrons. The van der Waals surface area contributed by atoms with E-state index in [-0.39, 0.29) is 12.4 Å². The maximum atomic E-state index is 13.5. The SMILES string of the molecule is CS(=O)(=O)OCC(c1ccc(F)cc1)(c1cccnc1)c1cccnc1. The highest BCUT2D eigenvalue weighted by atomic mass is 32.2. The number of pyridine rings is 2. The third kappa shape index (κ3) is 3.79. The van der Waals surface area contributed by atoms with Gasteiger partial charge in [-0.15, -0.1) is 0 Å². The number of nitrogens with zero attached hydrogens (tertiary/aromatic N) is 2. The second-order valence-corrected chi connectivity index (χ2v) is 7.51. The molecule has 0 unspecified atom stereocenters. The Morgan fingerprint density at radius 1 is 0.923 bits per heavy atom. The van der Waals surface area contributed by atoms with Gasteiger partial charge in [0.25, 0.3) is 10.1 Å². The number of rotatable bonds is 6. The summed E-state index contributed by atoms with van der Waals surface area (Å²) in [5, 5.41) is 0. The lowest BCUT2D eigenvalue weighted by atomic mass is 9.71. The highest BCUT2D eigenvalue weighted by Crippen LogP contribution is 2.39. The summed E-state index contributed by atoms with van der Waals surface area (Å²) in [6, 6.07) is 13.1.